The topological polar surface area (TPSA) is 37.4 Å². The van der Waals surface area contributed by atoms with E-state index < -0.39 is 0 Å². The molecule has 0 atom stereocenters. The maximum atomic E-state index is 13.1. The van der Waals surface area contributed by atoms with Gasteiger partial charge >= 0.3 is 0 Å². The van der Waals surface area contributed by atoms with E-state index in [2.05, 4.69) is 29.2 Å². The van der Waals surface area contributed by atoms with Crippen LogP contribution in [-0.4, -0.2) is 29.6 Å². The van der Waals surface area contributed by atoms with Crippen molar-refractivity contribution < 1.29 is 9.59 Å². The molecule has 1 saturated heterocycles. The van der Waals surface area contributed by atoms with E-state index in [1.807, 2.05) is 36.4 Å². The maximum absolute atomic E-state index is 13.1. The Bertz CT molecular complexity index is 859. The highest BCUT2D eigenvalue weighted by molar-refractivity contribution is 6.22. The highest BCUT2D eigenvalue weighted by Gasteiger charge is 2.35. The Kier molecular flexibility index (Phi) is 6.24. The molecule has 3 heteroatoms. The van der Waals surface area contributed by atoms with Crippen LogP contribution in [-0.2, 0) is 16.0 Å². The van der Waals surface area contributed by atoms with Gasteiger partial charge in [-0.15, -0.1) is 0 Å². The lowest BCUT2D eigenvalue weighted by Crippen LogP contribution is -2.31. The number of carbonyl (C=O) groups is 2. The number of Topliss-reactive ketones (excluding diaryl/α,β-unsaturated/α-hetero) is 2. The van der Waals surface area contributed by atoms with E-state index >= 15 is 0 Å². The first-order valence-corrected chi connectivity index (χ1v) is 10.9. The van der Waals surface area contributed by atoms with Crippen molar-refractivity contribution >= 4 is 11.6 Å². The summed E-state index contributed by atoms with van der Waals surface area (Å²) in [5.74, 6) is 0.0949. The van der Waals surface area contributed by atoms with Gasteiger partial charge in [-0.1, -0.05) is 60.7 Å². The van der Waals surface area contributed by atoms with Crippen LogP contribution < -0.4 is 0 Å². The molecule has 150 valence electrons. The number of likely N-dealkylation sites (tertiary alicyclic amines) is 1. The zero-order chi connectivity index (χ0) is 20.1. The van der Waals surface area contributed by atoms with E-state index in [1.165, 1.54) is 5.56 Å². The second-order valence-corrected chi connectivity index (χ2v) is 8.22. The van der Waals surface area contributed by atoms with E-state index in [1.54, 1.807) is 0 Å². The van der Waals surface area contributed by atoms with Crippen molar-refractivity contribution in [3.05, 3.63) is 83.1 Å². The van der Waals surface area contributed by atoms with Crippen LogP contribution in [0.15, 0.2) is 71.9 Å². The van der Waals surface area contributed by atoms with Crippen molar-refractivity contribution in [1.82, 2.24) is 4.90 Å². The Morgan fingerprint density at radius 1 is 0.828 bits per heavy atom. The summed E-state index contributed by atoms with van der Waals surface area (Å²) in [5.41, 5.74) is 3.93. The van der Waals surface area contributed by atoms with Gasteiger partial charge in [-0.05, 0) is 49.1 Å². The number of aryl methyl sites for hydroxylation is 1. The lowest BCUT2D eigenvalue weighted by atomic mass is 9.78. The van der Waals surface area contributed by atoms with Gasteiger partial charge in [0.2, 0.25) is 0 Å². The molecular weight excluding hydrogens is 358 g/mol. The van der Waals surface area contributed by atoms with Gasteiger partial charge in [0.05, 0.1) is 5.57 Å². The third-order valence-corrected chi connectivity index (χ3v) is 6.19. The smallest absolute Gasteiger partial charge is 0.168 e. The van der Waals surface area contributed by atoms with E-state index in [0.717, 1.165) is 56.5 Å². The van der Waals surface area contributed by atoms with Crippen molar-refractivity contribution in [3.8, 4) is 0 Å². The standard InChI is InChI=1S/C26H29NO2/c28-24-18-22(21-13-5-2-6-14-21)19-25(29)26(24)23(27-16-7-8-17-27)15-9-12-20-10-3-1-4-11-20/h1-6,10-11,13-14,22H,7-9,12,15-19H2. The van der Waals surface area contributed by atoms with Gasteiger partial charge in [0, 0.05) is 31.6 Å². The summed E-state index contributed by atoms with van der Waals surface area (Å²) in [4.78, 5) is 28.5. The van der Waals surface area contributed by atoms with Crippen LogP contribution in [0.5, 0.6) is 0 Å². The Balaban J connectivity index is 1.53. The van der Waals surface area contributed by atoms with Crippen LogP contribution in [0.3, 0.4) is 0 Å². The van der Waals surface area contributed by atoms with Gasteiger partial charge in [-0.2, -0.15) is 0 Å². The number of hydrogen-bond acceptors (Lipinski definition) is 3. The molecule has 0 amide bonds. The summed E-state index contributed by atoms with van der Waals surface area (Å²) in [6.07, 6.45) is 5.91. The van der Waals surface area contributed by atoms with Crippen molar-refractivity contribution in [2.75, 3.05) is 13.1 Å². The lowest BCUT2D eigenvalue weighted by molar-refractivity contribution is -0.124. The fourth-order valence-corrected chi connectivity index (χ4v) is 4.70. The van der Waals surface area contributed by atoms with Gasteiger partial charge in [0.15, 0.2) is 11.6 Å². The molecule has 1 aliphatic heterocycles. The van der Waals surface area contributed by atoms with Gasteiger partial charge in [-0.25, -0.2) is 0 Å². The molecule has 2 aliphatic rings. The largest absolute Gasteiger partial charge is 0.374 e. The van der Waals surface area contributed by atoms with Crippen molar-refractivity contribution in [3.63, 3.8) is 0 Å². The molecule has 0 bridgehead atoms. The van der Waals surface area contributed by atoms with Gasteiger partial charge < -0.3 is 4.90 Å². The average Bonchev–Trinajstić information content (AvgIpc) is 3.28. The quantitative estimate of drug-likeness (QED) is 0.513. The molecule has 0 N–H and O–H groups in total. The second kappa shape index (κ2) is 9.21. The summed E-state index contributed by atoms with van der Waals surface area (Å²) in [6, 6.07) is 20.4. The minimum Gasteiger partial charge on any atom is -0.374 e. The molecule has 0 aromatic heterocycles. The number of hydrogen-bond donors (Lipinski definition) is 0. The van der Waals surface area contributed by atoms with E-state index in [0.29, 0.717) is 18.4 Å². The molecule has 1 saturated carbocycles. The summed E-state index contributed by atoms with van der Waals surface area (Å²) in [7, 11) is 0. The fraction of sp³-hybridized carbons (Fsp3) is 0.385. The van der Waals surface area contributed by atoms with Gasteiger partial charge in [0.25, 0.3) is 0 Å². The Morgan fingerprint density at radius 3 is 2.03 bits per heavy atom. The van der Waals surface area contributed by atoms with Gasteiger partial charge in [-0.3, -0.25) is 9.59 Å². The van der Waals surface area contributed by atoms with E-state index in [-0.39, 0.29) is 17.5 Å². The highest BCUT2D eigenvalue weighted by atomic mass is 16.2. The molecule has 0 spiro atoms. The molecule has 3 nitrogen and oxygen atoms in total. The predicted octanol–water partition coefficient (Wildman–Crippen LogP) is 5.08. The Hall–Kier alpha value is -2.68. The summed E-state index contributed by atoms with van der Waals surface area (Å²) in [6.45, 7) is 1.93. The predicted molar refractivity (Wildman–Crippen MR) is 116 cm³/mol. The normalized spacial score (nSPS) is 19.7. The molecule has 1 heterocycles. The Labute approximate surface area is 173 Å². The zero-order valence-corrected chi connectivity index (χ0v) is 17.0. The number of nitrogens with zero attached hydrogens (tertiary/aromatic N) is 1. The van der Waals surface area contributed by atoms with E-state index in [9.17, 15) is 9.59 Å². The van der Waals surface area contributed by atoms with Crippen LogP contribution >= 0.6 is 0 Å². The molecule has 2 aromatic carbocycles. The van der Waals surface area contributed by atoms with Gasteiger partial charge in [0.1, 0.15) is 0 Å². The third kappa shape index (κ3) is 4.67. The van der Waals surface area contributed by atoms with Crippen LogP contribution in [0.1, 0.15) is 55.6 Å². The molecule has 0 radical (unpaired) electrons. The van der Waals surface area contributed by atoms with Crippen LogP contribution in [0, 0.1) is 0 Å². The molecule has 2 aromatic rings. The van der Waals surface area contributed by atoms with Crippen LogP contribution in [0.4, 0.5) is 0 Å². The van der Waals surface area contributed by atoms with Crippen LogP contribution in [0.2, 0.25) is 0 Å². The van der Waals surface area contributed by atoms with E-state index in [4.69, 9.17) is 0 Å². The maximum Gasteiger partial charge on any atom is 0.168 e. The molecule has 1 aliphatic carbocycles. The number of carbonyl (C=O) groups excluding carboxylic acids is 2. The average molecular weight is 388 g/mol. The molecule has 4 rings (SSSR count). The number of allylic oxidation sites excluding steroid dienone is 2. The summed E-state index contributed by atoms with van der Waals surface area (Å²) >= 11 is 0. The molecule has 0 unspecified atom stereocenters. The number of rotatable bonds is 6. The molecular formula is C26H29NO2. The summed E-state index contributed by atoms with van der Waals surface area (Å²) in [5, 5.41) is 0. The first-order valence-electron chi connectivity index (χ1n) is 10.9. The summed E-state index contributed by atoms with van der Waals surface area (Å²) < 4.78 is 0. The molecule has 2 fully saturated rings. The van der Waals surface area contributed by atoms with Crippen molar-refractivity contribution in [2.24, 2.45) is 0 Å². The minimum absolute atomic E-state index is 0.0177. The zero-order valence-electron chi connectivity index (χ0n) is 17.0. The number of benzene rings is 2. The monoisotopic (exact) mass is 387 g/mol. The van der Waals surface area contributed by atoms with Crippen LogP contribution in [0.25, 0.3) is 0 Å². The molecule has 29 heavy (non-hydrogen) atoms. The highest BCUT2D eigenvalue weighted by Crippen LogP contribution is 2.35. The van der Waals surface area contributed by atoms with Crippen molar-refractivity contribution in [1.29, 1.82) is 0 Å². The first kappa shape index (κ1) is 19.6. The lowest BCUT2D eigenvalue weighted by Gasteiger charge is -2.29. The second-order valence-electron chi connectivity index (χ2n) is 8.22. The first-order chi connectivity index (χ1) is 14.2. The minimum atomic E-state index is 0.0177. The SMILES string of the molecule is O=C1CC(c2ccccc2)CC(=O)C1=C(CCCc1ccccc1)N1CCCC1. The Morgan fingerprint density at radius 2 is 1.41 bits per heavy atom. The van der Waals surface area contributed by atoms with Crippen molar-refractivity contribution in [2.45, 2.75) is 50.9 Å². The fourth-order valence-electron chi connectivity index (χ4n) is 4.70. The third-order valence-electron chi connectivity index (χ3n) is 6.19. The number of ketones is 2.